The fraction of sp³-hybridized carbons (Fsp3) is 0.389. The summed E-state index contributed by atoms with van der Waals surface area (Å²) in [5, 5.41) is 12.0. The van der Waals surface area contributed by atoms with Crippen LogP contribution in [-0.4, -0.2) is 34.8 Å². The highest BCUT2D eigenvalue weighted by molar-refractivity contribution is 5.95. The Morgan fingerprint density at radius 1 is 1.42 bits per heavy atom. The summed E-state index contributed by atoms with van der Waals surface area (Å²) in [4.78, 5) is 35.4. The van der Waals surface area contributed by atoms with Gasteiger partial charge in [-0.25, -0.2) is 9.18 Å². The van der Waals surface area contributed by atoms with E-state index in [1.807, 2.05) is 0 Å². The Bertz CT molecular complexity index is 962. The first-order valence-corrected chi connectivity index (χ1v) is 8.35. The van der Waals surface area contributed by atoms with Crippen LogP contribution in [0.4, 0.5) is 10.1 Å². The number of hydrogen-bond donors (Lipinski definition) is 2. The van der Waals surface area contributed by atoms with Gasteiger partial charge >= 0.3 is 11.9 Å². The molecule has 0 saturated heterocycles. The molecule has 1 aromatic heterocycles. The molecule has 1 fully saturated rings. The molecule has 8 heteroatoms. The molecule has 3 rings (SSSR count). The van der Waals surface area contributed by atoms with Gasteiger partial charge in [0, 0.05) is 17.8 Å². The molecule has 1 aliphatic rings. The maximum Gasteiger partial charge on any atom is 0.341 e. The SMILES string of the molecule is CCOC(=O)CNc1cc2c(c(C)c1F)c(=O)c(C(=O)O)cn2C1CC1. The van der Waals surface area contributed by atoms with E-state index in [1.54, 1.807) is 11.5 Å². The van der Waals surface area contributed by atoms with Gasteiger partial charge < -0.3 is 19.7 Å². The van der Waals surface area contributed by atoms with E-state index in [1.165, 1.54) is 19.2 Å². The fourth-order valence-corrected chi connectivity index (χ4v) is 2.98. The topological polar surface area (TPSA) is 97.6 Å². The number of carboxylic acids is 1. The molecule has 0 amide bonds. The average Bonchev–Trinajstić information content (AvgIpc) is 3.41. The quantitative estimate of drug-likeness (QED) is 0.766. The lowest BCUT2D eigenvalue weighted by Gasteiger charge is -2.16. The molecule has 0 unspecified atom stereocenters. The molecule has 1 aliphatic carbocycles. The van der Waals surface area contributed by atoms with Crippen LogP contribution in [-0.2, 0) is 9.53 Å². The highest BCUT2D eigenvalue weighted by Gasteiger charge is 2.28. The monoisotopic (exact) mass is 362 g/mol. The molecule has 0 aliphatic heterocycles. The van der Waals surface area contributed by atoms with E-state index < -0.39 is 23.2 Å². The zero-order valence-corrected chi connectivity index (χ0v) is 14.5. The first-order valence-electron chi connectivity index (χ1n) is 8.35. The van der Waals surface area contributed by atoms with Crippen LogP contribution >= 0.6 is 0 Å². The van der Waals surface area contributed by atoms with Crippen molar-refractivity contribution in [3.63, 3.8) is 0 Å². The van der Waals surface area contributed by atoms with Gasteiger partial charge in [-0.2, -0.15) is 0 Å². The maximum atomic E-state index is 14.7. The molecular formula is C18H19FN2O5. The van der Waals surface area contributed by atoms with Crippen LogP contribution in [0.5, 0.6) is 0 Å². The largest absolute Gasteiger partial charge is 0.477 e. The number of aryl methyl sites for hydroxylation is 1. The number of hydrogen-bond acceptors (Lipinski definition) is 5. The summed E-state index contributed by atoms with van der Waals surface area (Å²) < 4.78 is 21.2. The lowest BCUT2D eigenvalue weighted by Crippen LogP contribution is -2.21. The van der Waals surface area contributed by atoms with Gasteiger partial charge in [-0.15, -0.1) is 0 Å². The van der Waals surface area contributed by atoms with Crippen LogP contribution in [0.1, 0.15) is 41.7 Å². The van der Waals surface area contributed by atoms with Gasteiger partial charge in [0.2, 0.25) is 5.43 Å². The third kappa shape index (κ3) is 3.14. The number of carbonyl (C=O) groups is 2. The molecule has 1 heterocycles. The first kappa shape index (κ1) is 17.9. The second kappa shape index (κ2) is 6.78. The van der Waals surface area contributed by atoms with E-state index in [0.717, 1.165) is 12.8 Å². The van der Waals surface area contributed by atoms with Crippen molar-refractivity contribution in [3.8, 4) is 0 Å². The Hall–Kier alpha value is -2.90. The van der Waals surface area contributed by atoms with Crippen molar-refractivity contribution < 1.29 is 23.8 Å². The lowest BCUT2D eigenvalue weighted by atomic mass is 10.0. The van der Waals surface area contributed by atoms with Gasteiger partial charge in [-0.05, 0) is 32.8 Å². The van der Waals surface area contributed by atoms with E-state index in [0.29, 0.717) is 5.52 Å². The van der Waals surface area contributed by atoms with Gasteiger partial charge in [-0.1, -0.05) is 0 Å². The average molecular weight is 362 g/mol. The van der Waals surface area contributed by atoms with E-state index in [9.17, 15) is 23.9 Å². The van der Waals surface area contributed by atoms with Crippen molar-refractivity contribution in [2.24, 2.45) is 0 Å². The van der Waals surface area contributed by atoms with Gasteiger partial charge in [0.05, 0.1) is 23.2 Å². The summed E-state index contributed by atoms with van der Waals surface area (Å²) >= 11 is 0. The number of carboxylic acid groups (broad SMARTS) is 1. The second-order valence-corrected chi connectivity index (χ2v) is 6.23. The molecule has 0 atom stereocenters. The maximum absolute atomic E-state index is 14.7. The third-order valence-corrected chi connectivity index (χ3v) is 4.40. The van der Waals surface area contributed by atoms with Crippen molar-refractivity contribution in [2.75, 3.05) is 18.5 Å². The minimum atomic E-state index is -1.34. The van der Waals surface area contributed by atoms with E-state index in [2.05, 4.69) is 5.32 Å². The summed E-state index contributed by atoms with van der Waals surface area (Å²) in [6.07, 6.45) is 3.04. The minimum absolute atomic E-state index is 0.0518. The van der Waals surface area contributed by atoms with Crippen molar-refractivity contribution in [1.82, 2.24) is 4.57 Å². The van der Waals surface area contributed by atoms with E-state index in [-0.39, 0.29) is 41.4 Å². The lowest BCUT2D eigenvalue weighted by molar-refractivity contribution is -0.140. The van der Waals surface area contributed by atoms with Gasteiger partial charge in [0.15, 0.2) is 0 Å². The van der Waals surface area contributed by atoms with Gasteiger partial charge in [-0.3, -0.25) is 9.59 Å². The number of ether oxygens (including phenoxy) is 1. The third-order valence-electron chi connectivity index (χ3n) is 4.40. The van der Waals surface area contributed by atoms with Crippen LogP contribution in [0.15, 0.2) is 17.1 Å². The number of nitrogens with zero attached hydrogens (tertiary/aromatic N) is 1. The molecule has 138 valence electrons. The number of benzene rings is 1. The predicted octanol–water partition coefficient (Wildman–Crippen LogP) is 2.46. The molecule has 2 N–H and O–H groups in total. The molecule has 7 nitrogen and oxygen atoms in total. The summed E-state index contributed by atoms with van der Waals surface area (Å²) in [5.41, 5.74) is -0.513. The smallest absolute Gasteiger partial charge is 0.341 e. The number of nitrogens with one attached hydrogen (secondary N) is 1. The number of carbonyl (C=O) groups excluding carboxylic acids is 1. The minimum Gasteiger partial charge on any atom is -0.477 e. The molecule has 26 heavy (non-hydrogen) atoms. The number of halogens is 1. The number of pyridine rings is 1. The van der Waals surface area contributed by atoms with Crippen molar-refractivity contribution in [2.45, 2.75) is 32.7 Å². The molecule has 1 saturated carbocycles. The Labute approximate surface area is 148 Å². The predicted molar refractivity (Wildman–Crippen MR) is 93.3 cm³/mol. The Morgan fingerprint density at radius 3 is 2.69 bits per heavy atom. The highest BCUT2D eigenvalue weighted by atomic mass is 19.1. The number of rotatable bonds is 6. The number of aromatic carboxylic acids is 1. The normalized spacial score (nSPS) is 13.7. The second-order valence-electron chi connectivity index (χ2n) is 6.23. The number of aromatic nitrogens is 1. The Balaban J connectivity index is 2.16. The van der Waals surface area contributed by atoms with Crippen molar-refractivity contribution >= 4 is 28.5 Å². The zero-order valence-electron chi connectivity index (χ0n) is 14.5. The van der Waals surface area contributed by atoms with Crippen LogP contribution in [0.25, 0.3) is 10.9 Å². The van der Waals surface area contributed by atoms with E-state index in [4.69, 9.17) is 4.74 Å². The standard InChI is InChI=1S/C18H19FN2O5/c1-3-26-14(22)7-20-12-6-13-15(9(2)16(12)19)17(23)11(18(24)25)8-21(13)10-4-5-10/h6,8,10,20H,3-5,7H2,1-2H3,(H,24,25). The molecule has 1 aromatic carbocycles. The Morgan fingerprint density at radius 2 is 2.12 bits per heavy atom. The summed E-state index contributed by atoms with van der Waals surface area (Å²) in [6, 6.07) is 1.53. The van der Waals surface area contributed by atoms with Crippen LogP contribution < -0.4 is 10.7 Å². The molecule has 2 aromatic rings. The molecule has 0 spiro atoms. The number of esters is 1. The molecule has 0 radical (unpaired) electrons. The highest BCUT2D eigenvalue weighted by Crippen LogP contribution is 2.38. The summed E-state index contributed by atoms with van der Waals surface area (Å²) in [7, 11) is 0. The van der Waals surface area contributed by atoms with Gasteiger partial charge in [0.25, 0.3) is 0 Å². The number of anilines is 1. The summed E-state index contributed by atoms with van der Waals surface area (Å²) in [5.74, 6) is -2.55. The number of fused-ring (bicyclic) bond motifs is 1. The molecular weight excluding hydrogens is 343 g/mol. The van der Waals surface area contributed by atoms with Crippen LogP contribution in [0, 0.1) is 12.7 Å². The van der Waals surface area contributed by atoms with E-state index >= 15 is 0 Å². The Kier molecular flexibility index (Phi) is 4.67. The van der Waals surface area contributed by atoms with Crippen molar-refractivity contribution in [1.29, 1.82) is 0 Å². The summed E-state index contributed by atoms with van der Waals surface area (Å²) in [6.45, 7) is 3.11. The fourth-order valence-electron chi connectivity index (χ4n) is 2.98. The van der Waals surface area contributed by atoms with Gasteiger partial charge in [0.1, 0.15) is 17.9 Å². The van der Waals surface area contributed by atoms with Crippen LogP contribution in [0.3, 0.4) is 0 Å². The van der Waals surface area contributed by atoms with Crippen LogP contribution in [0.2, 0.25) is 0 Å². The first-order chi connectivity index (χ1) is 12.3. The molecule has 0 bridgehead atoms. The van der Waals surface area contributed by atoms with Crippen molar-refractivity contribution in [3.05, 3.63) is 39.4 Å². The zero-order chi connectivity index (χ0) is 19.0.